The molecule has 0 unspecified atom stereocenters. The molecule has 0 rings (SSSR count). The predicted octanol–water partition coefficient (Wildman–Crippen LogP) is 0.631. The third kappa shape index (κ3) is 11.0. The summed E-state index contributed by atoms with van der Waals surface area (Å²) in [5.74, 6) is -4.07. The summed E-state index contributed by atoms with van der Waals surface area (Å²) in [5.41, 5.74) is 0. The van der Waals surface area contributed by atoms with Crippen LogP contribution in [0.2, 0.25) is 0 Å². The third-order valence-electron chi connectivity index (χ3n) is 3.37. The van der Waals surface area contributed by atoms with Crippen molar-refractivity contribution in [1.82, 2.24) is 0 Å². The number of ketones is 1. The quantitative estimate of drug-likeness (QED) is 0.273. The summed E-state index contributed by atoms with van der Waals surface area (Å²) in [4.78, 5) is 58.3. The molecule has 0 bridgehead atoms. The van der Waals surface area contributed by atoms with E-state index < -0.39 is 60.7 Å². The summed E-state index contributed by atoms with van der Waals surface area (Å²) in [6.07, 6.45) is -2.67. The molecule has 0 spiro atoms. The lowest BCUT2D eigenvalue weighted by molar-refractivity contribution is -0.196. The summed E-state index contributed by atoms with van der Waals surface area (Å²) in [7, 11) is 0. The summed E-state index contributed by atoms with van der Waals surface area (Å²) in [6, 6.07) is 0. The van der Waals surface area contributed by atoms with Gasteiger partial charge in [-0.3, -0.25) is 24.0 Å². The number of carbonyl (C=O) groups is 5. The number of aliphatic hydroxyl groups is 1. The van der Waals surface area contributed by atoms with E-state index >= 15 is 0 Å². The normalized spacial score (nSPS) is 15.0. The Morgan fingerprint density at radius 2 is 1.34 bits per heavy atom. The van der Waals surface area contributed by atoms with Crippen molar-refractivity contribution in [2.75, 3.05) is 6.61 Å². The van der Waals surface area contributed by atoms with Crippen LogP contribution in [0, 0.1) is 0 Å². The van der Waals surface area contributed by atoms with Crippen LogP contribution in [0.3, 0.4) is 0 Å². The molecule has 0 saturated carbocycles. The number of hydrogen-bond acceptors (Lipinski definition) is 10. The third-order valence-corrected chi connectivity index (χ3v) is 3.37. The fourth-order valence-electron chi connectivity index (χ4n) is 2.27. The largest absolute Gasteiger partial charge is 0.463 e. The Morgan fingerprint density at radius 3 is 1.79 bits per heavy atom. The Kier molecular flexibility index (Phi) is 12.2. The number of carbonyl (C=O) groups excluding carboxylic acids is 5. The van der Waals surface area contributed by atoms with Crippen molar-refractivity contribution < 1.29 is 48.0 Å². The highest BCUT2D eigenvalue weighted by atomic mass is 16.6. The standard InChI is InChI=1S/C19H28O10/c1-6-7-8-9-15(24)17(27-12(3)21)19(29-14(5)23)18(28-13(4)22)16(25)10-26-11(2)20/h8-9,16-19,25H,6-7,10H2,1-5H3/b9-8+/t16-,17-,18-,19-/m1/s1. The van der Waals surface area contributed by atoms with E-state index in [0.717, 1.165) is 40.2 Å². The number of esters is 4. The first-order chi connectivity index (χ1) is 13.5. The maximum Gasteiger partial charge on any atom is 0.303 e. The number of hydrogen-bond donors (Lipinski definition) is 1. The molecular weight excluding hydrogens is 388 g/mol. The van der Waals surface area contributed by atoms with Crippen molar-refractivity contribution in [2.24, 2.45) is 0 Å². The van der Waals surface area contributed by atoms with Crippen molar-refractivity contribution in [3.05, 3.63) is 12.2 Å². The van der Waals surface area contributed by atoms with Crippen molar-refractivity contribution in [1.29, 1.82) is 0 Å². The van der Waals surface area contributed by atoms with Crippen LogP contribution >= 0.6 is 0 Å². The van der Waals surface area contributed by atoms with Gasteiger partial charge in [-0.1, -0.05) is 19.4 Å². The molecule has 0 saturated heterocycles. The summed E-state index contributed by atoms with van der Waals surface area (Å²) >= 11 is 0. The van der Waals surface area contributed by atoms with E-state index in [2.05, 4.69) is 0 Å². The van der Waals surface area contributed by atoms with E-state index in [1.54, 1.807) is 6.08 Å². The molecule has 0 fully saturated rings. The van der Waals surface area contributed by atoms with Gasteiger partial charge < -0.3 is 24.1 Å². The van der Waals surface area contributed by atoms with Crippen molar-refractivity contribution in [2.45, 2.75) is 71.9 Å². The Bertz CT molecular complexity index is 624. The zero-order chi connectivity index (χ0) is 22.6. The first-order valence-corrected chi connectivity index (χ1v) is 9.03. The molecule has 0 aromatic heterocycles. The minimum atomic E-state index is -1.69. The average Bonchev–Trinajstić information content (AvgIpc) is 2.60. The smallest absolute Gasteiger partial charge is 0.303 e. The lowest BCUT2D eigenvalue weighted by Crippen LogP contribution is -2.54. The second kappa shape index (κ2) is 13.4. The van der Waals surface area contributed by atoms with Gasteiger partial charge in [0.05, 0.1) is 0 Å². The Labute approximate surface area is 169 Å². The number of rotatable bonds is 12. The van der Waals surface area contributed by atoms with E-state index in [0.29, 0.717) is 6.42 Å². The van der Waals surface area contributed by atoms with Gasteiger partial charge in [0.15, 0.2) is 18.0 Å². The highest BCUT2D eigenvalue weighted by Gasteiger charge is 2.44. The van der Waals surface area contributed by atoms with Crippen LogP contribution in [-0.4, -0.2) is 65.8 Å². The minimum Gasteiger partial charge on any atom is -0.463 e. The van der Waals surface area contributed by atoms with Crippen LogP contribution in [0.5, 0.6) is 0 Å². The van der Waals surface area contributed by atoms with Gasteiger partial charge in [0.25, 0.3) is 0 Å². The highest BCUT2D eigenvalue weighted by molar-refractivity contribution is 5.95. The lowest BCUT2D eigenvalue weighted by atomic mass is 9.98. The maximum absolute atomic E-state index is 12.6. The lowest BCUT2D eigenvalue weighted by Gasteiger charge is -2.33. The molecule has 10 nitrogen and oxygen atoms in total. The fourth-order valence-corrected chi connectivity index (χ4v) is 2.27. The molecule has 0 aromatic carbocycles. The molecule has 0 heterocycles. The van der Waals surface area contributed by atoms with Crippen molar-refractivity contribution >= 4 is 29.7 Å². The molecule has 1 N–H and O–H groups in total. The minimum absolute atomic E-state index is 0.569. The molecule has 0 amide bonds. The molecule has 10 heteroatoms. The summed E-state index contributed by atoms with van der Waals surface area (Å²) in [6.45, 7) is 5.47. The predicted molar refractivity (Wildman–Crippen MR) is 98.4 cm³/mol. The maximum atomic E-state index is 12.6. The second-order valence-electron chi connectivity index (χ2n) is 6.14. The second-order valence-corrected chi connectivity index (χ2v) is 6.14. The first kappa shape index (κ1) is 26.2. The van der Waals surface area contributed by atoms with E-state index in [9.17, 15) is 29.1 Å². The van der Waals surface area contributed by atoms with Crippen LogP contribution in [0.15, 0.2) is 12.2 Å². The van der Waals surface area contributed by atoms with Crippen LogP contribution in [0.4, 0.5) is 0 Å². The van der Waals surface area contributed by atoms with Gasteiger partial charge in [-0.15, -0.1) is 0 Å². The van der Waals surface area contributed by atoms with E-state index in [-0.39, 0.29) is 0 Å². The molecule has 0 radical (unpaired) electrons. The van der Waals surface area contributed by atoms with Gasteiger partial charge in [0, 0.05) is 27.7 Å². The number of unbranched alkanes of at least 4 members (excludes halogenated alkanes) is 1. The molecule has 29 heavy (non-hydrogen) atoms. The highest BCUT2D eigenvalue weighted by Crippen LogP contribution is 2.19. The Balaban J connectivity index is 6.02. The monoisotopic (exact) mass is 416 g/mol. The number of aliphatic hydroxyl groups excluding tert-OH is 1. The molecule has 0 aliphatic heterocycles. The molecular formula is C19H28O10. The van der Waals surface area contributed by atoms with Crippen LogP contribution in [-0.2, 0) is 42.9 Å². The van der Waals surface area contributed by atoms with E-state index in [4.69, 9.17) is 18.9 Å². The van der Waals surface area contributed by atoms with Gasteiger partial charge in [-0.25, -0.2) is 0 Å². The molecule has 4 atom stereocenters. The zero-order valence-corrected chi connectivity index (χ0v) is 17.2. The van der Waals surface area contributed by atoms with E-state index in [1.807, 2.05) is 6.92 Å². The number of allylic oxidation sites excluding steroid dienone is 1. The van der Waals surface area contributed by atoms with Crippen LogP contribution in [0.25, 0.3) is 0 Å². The molecule has 164 valence electrons. The van der Waals surface area contributed by atoms with Gasteiger partial charge in [0.1, 0.15) is 12.7 Å². The fraction of sp³-hybridized carbons (Fsp3) is 0.632. The molecule has 0 aromatic rings. The van der Waals surface area contributed by atoms with Crippen molar-refractivity contribution in [3.63, 3.8) is 0 Å². The van der Waals surface area contributed by atoms with E-state index in [1.165, 1.54) is 0 Å². The number of ether oxygens (including phenoxy) is 4. The van der Waals surface area contributed by atoms with Gasteiger partial charge in [-0.05, 0) is 12.5 Å². The molecule has 0 aliphatic rings. The van der Waals surface area contributed by atoms with Gasteiger partial charge >= 0.3 is 23.9 Å². The van der Waals surface area contributed by atoms with Gasteiger partial charge in [-0.2, -0.15) is 0 Å². The van der Waals surface area contributed by atoms with Crippen LogP contribution in [0.1, 0.15) is 47.5 Å². The summed E-state index contributed by atoms with van der Waals surface area (Å²) < 4.78 is 19.8. The summed E-state index contributed by atoms with van der Waals surface area (Å²) in [5, 5.41) is 10.4. The Hall–Kier alpha value is -2.75. The molecule has 0 aliphatic carbocycles. The van der Waals surface area contributed by atoms with Crippen molar-refractivity contribution in [3.8, 4) is 0 Å². The van der Waals surface area contributed by atoms with Crippen LogP contribution < -0.4 is 0 Å². The van der Waals surface area contributed by atoms with Gasteiger partial charge in [0.2, 0.25) is 6.10 Å². The average molecular weight is 416 g/mol. The Morgan fingerprint density at radius 1 is 0.828 bits per heavy atom. The topological polar surface area (TPSA) is 143 Å². The zero-order valence-electron chi connectivity index (χ0n) is 17.2. The SMILES string of the molecule is CCC/C=C/C(=O)[C@@H](OC(C)=O)[C@@H](OC(C)=O)[C@H](OC(C)=O)[C@H](O)COC(C)=O. The first-order valence-electron chi connectivity index (χ1n) is 9.03.